The lowest BCUT2D eigenvalue weighted by Gasteiger charge is -2.14. The fourth-order valence-corrected chi connectivity index (χ4v) is 1.74. The van der Waals surface area contributed by atoms with Gasteiger partial charge >= 0.3 is 11.9 Å². The second kappa shape index (κ2) is 7.91. The summed E-state index contributed by atoms with van der Waals surface area (Å²) in [7, 11) is -2.84. The van der Waals surface area contributed by atoms with Crippen molar-refractivity contribution in [3.05, 3.63) is 0 Å². The lowest BCUT2D eigenvalue weighted by atomic mass is 10.6. The van der Waals surface area contributed by atoms with Gasteiger partial charge in [-0.1, -0.05) is 5.92 Å². The average molecular weight is 248 g/mol. The molecule has 90 valence electrons. The molecule has 0 spiro atoms. The van der Waals surface area contributed by atoms with Crippen LogP contribution in [-0.2, 0) is 28.2 Å². The molecule has 0 saturated carbocycles. The molecule has 0 rings (SSSR count). The van der Waals surface area contributed by atoms with Crippen LogP contribution in [0.15, 0.2) is 0 Å². The number of hydrogen-bond donors (Lipinski definition) is 0. The monoisotopic (exact) mass is 248 g/mol. The lowest BCUT2D eigenvalue weighted by Crippen LogP contribution is -2.26. The van der Waals surface area contributed by atoms with Crippen molar-refractivity contribution in [3.8, 4) is 12.3 Å². The zero-order valence-corrected chi connectivity index (χ0v) is 10.0. The Labute approximate surface area is 94.1 Å². The Hall–Kier alpha value is -1.31. The quantitative estimate of drug-likeness (QED) is 0.388. The van der Waals surface area contributed by atoms with Crippen molar-refractivity contribution in [3.63, 3.8) is 0 Å². The van der Waals surface area contributed by atoms with Crippen LogP contribution in [0.3, 0.4) is 0 Å². The summed E-state index contributed by atoms with van der Waals surface area (Å²) in [5, 5.41) is 0. The zero-order chi connectivity index (χ0) is 12.6. The maximum atomic E-state index is 11.4. The van der Waals surface area contributed by atoms with Crippen LogP contribution in [0.2, 0.25) is 0 Å². The maximum absolute atomic E-state index is 11.4. The van der Waals surface area contributed by atoms with Gasteiger partial charge in [-0.15, -0.1) is 6.42 Å². The second-order valence-corrected chi connectivity index (χ2v) is 4.00. The van der Waals surface area contributed by atoms with E-state index in [1.165, 1.54) is 0 Å². The molecule has 0 aliphatic rings. The van der Waals surface area contributed by atoms with Crippen LogP contribution in [0, 0.1) is 12.3 Å². The smallest absolute Gasteiger partial charge is 0.358 e. The van der Waals surface area contributed by atoms with Gasteiger partial charge in [-0.3, -0.25) is 9.36 Å². The van der Waals surface area contributed by atoms with Crippen molar-refractivity contribution in [1.29, 1.82) is 0 Å². The lowest BCUT2D eigenvalue weighted by molar-refractivity contribution is -0.160. The van der Waals surface area contributed by atoms with E-state index in [9.17, 15) is 14.2 Å². The average Bonchev–Trinajstić information content (AvgIpc) is 2.22. The van der Waals surface area contributed by atoms with Gasteiger partial charge in [-0.2, -0.15) is 0 Å². The van der Waals surface area contributed by atoms with Gasteiger partial charge in [0.1, 0.15) is 0 Å². The fraction of sp³-hybridized carbons (Fsp3) is 0.556. The van der Waals surface area contributed by atoms with Crippen LogP contribution in [0.1, 0.15) is 13.8 Å². The summed E-state index contributed by atoms with van der Waals surface area (Å²) in [6, 6.07) is 0. The number of ether oxygens (including phenoxy) is 2. The third-order valence-corrected chi connectivity index (χ3v) is 2.65. The highest BCUT2D eigenvalue weighted by Crippen LogP contribution is 2.31. The Balaban J connectivity index is 4.53. The molecular weight excluding hydrogens is 235 g/mol. The number of hydrogen-bond acceptors (Lipinski definition) is 6. The Morgan fingerprint density at radius 3 is 2.56 bits per heavy atom. The molecule has 2 unspecified atom stereocenters. The molecule has 7 heteroatoms. The molecule has 0 bridgehead atoms. The minimum absolute atomic E-state index is 0.137. The molecule has 0 fully saturated rings. The zero-order valence-electron chi connectivity index (χ0n) is 9.02. The van der Waals surface area contributed by atoms with E-state index in [-0.39, 0.29) is 13.2 Å². The van der Waals surface area contributed by atoms with Crippen molar-refractivity contribution >= 4 is 20.0 Å². The first kappa shape index (κ1) is 14.7. The summed E-state index contributed by atoms with van der Waals surface area (Å²) in [6.45, 7) is 2.54. The van der Waals surface area contributed by atoms with Crippen LogP contribution in [-0.4, -0.2) is 31.0 Å². The van der Waals surface area contributed by atoms with E-state index in [1.54, 1.807) is 6.92 Å². The van der Waals surface area contributed by atoms with E-state index >= 15 is 0 Å². The van der Waals surface area contributed by atoms with Crippen LogP contribution in [0.25, 0.3) is 0 Å². The van der Waals surface area contributed by atoms with Gasteiger partial charge < -0.3 is 14.0 Å². The molecule has 0 saturated heterocycles. The van der Waals surface area contributed by atoms with Gasteiger partial charge in [0.15, 0.2) is 6.61 Å². The summed E-state index contributed by atoms with van der Waals surface area (Å²) in [4.78, 5) is 22.0. The van der Waals surface area contributed by atoms with Gasteiger partial charge in [0.25, 0.3) is 5.85 Å². The maximum Gasteiger partial charge on any atom is 0.358 e. The first-order valence-electron chi connectivity index (χ1n) is 4.46. The molecule has 0 aliphatic carbocycles. The Morgan fingerprint density at radius 1 is 1.50 bits per heavy atom. The van der Waals surface area contributed by atoms with Crippen molar-refractivity contribution < 1.29 is 28.2 Å². The van der Waals surface area contributed by atoms with Crippen LogP contribution in [0.5, 0.6) is 0 Å². The van der Waals surface area contributed by atoms with Crippen LogP contribution < -0.4 is 0 Å². The van der Waals surface area contributed by atoms with Gasteiger partial charge in [-0.25, -0.2) is 4.79 Å². The van der Waals surface area contributed by atoms with Crippen molar-refractivity contribution in [2.45, 2.75) is 19.7 Å². The molecule has 16 heavy (non-hydrogen) atoms. The Bertz CT molecular complexity index is 318. The predicted octanol–water partition coefficient (Wildman–Crippen LogP) is 0.563. The van der Waals surface area contributed by atoms with Crippen LogP contribution in [0.4, 0.5) is 0 Å². The van der Waals surface area contributed by atoms with Gasteiger partial charge in [0.2, 0.25) is 8.03 Å². The molecule has 0 radical (unpaired) electrons. The first-order valence-corrected chi connectivity index (χ1v) is 5.86. The molecular formula is C9H13O6P. The van der Waals surface area contributed by atoms with Crippen molar-refractivity contribution in [2.24, 2.45) is 0 Å². The molecule has 0 heterocycles. The first-order chi connectivity index (χ1) is 7.52. The number of esters is 2. The third kappa shape index (κ3) is 5.54. The third-order valence-electron chi connectivity index (χ3n) is 1.30. The highest BCUT2D eigenvalue weighted by Gasteiger charge is 2.30. The molecule has 0 amide bonds. The standard InChI is InChI=1S/C9H13O6P/c1-4-6-13-8(11)9(15-7(3)10)16(12)14-5-2/h1,9,16H,5-6H2,2-3H3. The Kier molecular flexibility index (Phi) is 7.27. The Morgan fingerprint density at radius 2 is 2.12 bits per heavy atom. The largest absolute Gasteiger partial charge is 0.449 e. The van der Waals surface area contributed by atoms with E-state index in [0.29, 0.717) is 0 Å². The van der Waals surface area contributed by atoms with E-state index in [4.69, 9.17) is 10.9 Å². The molecule has 0 N–H and O–H groups in total. The van der Waals surface area contributed by atoms with Crippen molar-refractivity contribution in [2.75, 3.05) is 13.2 Å². The fourth-order valence-electron chi connectivity index (χ4n) is 0.765. The van der Waals surface area contributed by atoms with Gasteiger partial charge in [0.05, 0.1) is 6.61 Å². The molecule has 0 aromatic carbocycles. The summed E-state index contributed by atoms with van der Waals surface area (Å²) in [6.07, 6.45) is 4.88. The minimum Gasteiger partial charge on any atom is -0.449 e. The van der Waals surface area contributed by atoms with Gasteiger partial charge in [0, 0.05) is 6.92 Å². The van der Waals surface area contributed by atoms with E-state index in [2.05, 4.69) is 15.4 Å². The minimum atomic E-state index is -2.84. The van der Waals surface area contributed by atoms with Gasteiger partial charge in [-0.05, 0) is 6.92 Å². The van der Waals surface area contributed by atoms with Crippen LogP contribution >= 0.6 is 8.03 Å². The molecule has 0 aliphatic heterocycles. The van der Waals surface area contributed by atoms with E-state index in [1.807, 2.05) is 0 Å². The van der Waals surface area contributed by atoms with E-state index in [0.717, 1.165) is 6.92 Å². The number of carbonyl (C=O) groups excluding carboxylic acids is 2. The highest BCUT2D eigenvalue weighted by atomic mass is 31.1. The molecule has 0 aromatic rings. The topological polar surface area (TPSA) is 78.9 Å². The molecule has 6 nitrogen and oxygen atoms in total. The number of rotatable bonds is 6. The predicted molar refractivity (Wildman–Crippen MR) is 56.0 cm³/mol. The number of carbonyl (C=O) groups is 2. The molecule has 0 aromatic heterocycles. The summed E-state index contributed by atoms with van der Waals surface area (Å²) < 4.78 is 25.2. The van der Waals surface area contributed by atoms with Crippen molar-refractivity contribution in [1.82, 2.24) is 0 Å². The number of terminal acetylenes is 1. The normalized spacial score (nSPS) is 13.3. The summed E-state index contributed by atoms with van der Waals surface area (Å²) in [5.41, 5.74) is 0. The second-order valence-electron chi connectivity index (χ2n) is 2.55. The highest BCUT2D eigenvalue weighted by molar-refractivity contribution is 7.41. The molecule has 2 atom stereocenters. The summed E-state index contributed by atoms with van der Waals surface area (Å²) in [5.74, 6) is -1.19. The SMILES string of the molecule is C#CCOC(=O)C(OC(C)=O)[PH](=O)OCC. The van der Waals surface area contributed by atoms with E-state index < -0.39 is 25.8 Å². The summed E-state index contributed by atoms with van der Waals surface area (Å²) >= 11 is 0.